The third-order valence-electron chi connectivity index (χ3n) is 2.46. The summed E-state index contributed by atoms with van der Waals surface area (Å²) in [6.45, 7) is 7.04. The Kier molecular flexibility index (Phi) is 3.39. The minimum atomic E-state index is -0.421. The van der Waals surface area contributed by atoms with Gasteiger partial charge < -0.3 is 0 Å². The van der Waals surface area contributed by atoms with Crippen LogP contribution < -0.4 is 5.56 Å². The number of aromatic nitrogens is 2. The Morgan fingerprint density at radius 1 is 1.53 bits per heavy atom. The summed E-state index contributed by atoms with van der Waals surface area (Å²) in [5, 5.41) is 0. The molecule has 15 heavy (non-hydrogen) atoms. The maximum Gasteiger partial charge on any atom is 0.254 e. The van der Waals surface area contributed by atoms with E-state index in [0.29, 0.717) is 17.9 Å². The molecule has 4 heteroatoms. The summed E-state index contributed by atoms with van der Waals surface area (Å²) >= 11 is 0. The summed E-state index contributed by atoms with van der Waals surface area (Å²) in [6, 6.07) is 1.03. The number of aryl methyl sites for hydroxylation is 2. The molecular formula is C11H16N2O2. The maximum atomic E-state index is 11.7. The lowest BCUT2D eigenvalue weighted by Gasteiger charge is -2.15. The molecule has 1 aromatic heterocycles. The highest BCUT2D eigenvalue weighted by molar-refractivity contribution is 5.81. The highest BCUT2D eigenvalue weighted by Crippen LogP contribution is 2.08. The molecule has 0 aliphatic rings. The molecule has 1 atom stereocenters. The van der Waals surface area contributed by atoms with Gasteiger partial charge in [0.1, 0.15) is 5.82 Å². The van der Waals surface area contributed by atoms with E-state index in [2.05, 4.69) is 4.98 Å². The number of Topliss-reactive ketones (excluding diaryl/α,β-unsaturated/α-hetero) is 1. The second-order valence-electron chi connectivity index (χ2n) is 3.65. The monoisotopic (exact) mass is 208 g/mol. The van der Waals surface area contributed by atoms with Crippen LogP contribution in [0.5, 0.6) is 0 Å². The van der Waals surface area contributed by atoms with Gasteiger partial charge >= 0.3 is 0 Å². The molecule has 1 heterocycles. The van der Waals surface area contributed by atoms with Crippen LogP contribution in [0.15, 0.2) is 10.9 Å². The van der Waals surface area contributed by atoms with Gasteiger partial charge in [0.05, 0.1) is 6.04 Å². The molecule has 0 fully saturated rings. The summed E-state index contributed by atoms with van der Waals surface area (Å²) in [5.41, 5.74) is 0.527. The van der Waals surface area contributed by atoms with Crippen molar-refractivity contribution in [3.63, 3.8) is 0 Å². The van der Waals surface area contributed by atoms with Crippen molar-refractivity contribution >= 4 is 5.78 Å². The van der Waals surface area contributed by atoms with E-state index in [4.69, 9.17) is 0 Å². The first kappa shape index (κ1) is 11.6. The molecule has 1 rings (SSSR count). The van der Waals surface area contributed by atoms with Gasteiger partial charge in [-0.05, 0) is 20.8 Å². The van der Waals surface area contributed by atoms with Crippen molar-refractivity contribution < 1.29 is 4.79 Å². The second-order valence-corrected chi connectivity index (χ2v) is 3.65. The summed E-state index contributed by atoms with van der Waals surface area (Å²) in [6.07, 6.45) is 0.431. The van der Waals surface area contributed by atoms with E-state index in [1.54, 1.807) is 27.7 Å². The van der Waals surface area contributed by atoms with E-state index in [9.17, 15) is 9.59 Å². The third-order valence-corrected chi connectivity index (χ3v) is 2.46. The lowest BCUT2D eigenvalue weighted by atomic mass is 10.1. The molecule has 0 aromatic carbocycles. The van der Waals surface area contributed by atoms with E-state index in [0.717, 1.165) is 0 Å². The number of carbonyl (C=O) groups excluding carboxylic acids is 1. The second kappa shape index (κ2) is 4.38. The zero-order valence-corrected chi connectivity index (χ0v) is 9.57. The Labute approximate surface area is 89.0 Å². The predicted octanol–water partition coefficient (Wildman–Crippen LogP) is 1.40. The van der Waals surface area contributed by atoms with Gasteiger partial charge in [-0.3, -0.25) is 14.2 Å². The normalized spacial score (nSPS) is 12.5. The van der Waals surface area contributed by atoms with Crippen molar-refractivity contribution in [2.24, 2.45) is 0 Å². The van der Waals surface area contributed by atoms with Crippen LogP contribution >= 0.6 is 0 Å². The molecule has 0 aliphatic carbocycles. The first-order chi connectivity index (χ1) is 6.97. The maximum absolute atomic E-state index is 11.7. The SMILES string of the molecule is CCC(=O)C(C)n1c(C)nc(C)cc1=O. The Bertz CT molecular complexity index is 435. The first-order valence-corrected chi connectivity index (χ1v) is 5.06. The highest BCUT2D eigenvalue weighted by Gasteiger charge is 2.16. The van der Waals surface area contributed by atoms with Gasteiger partial charge in [-0.2, -0.15) is 0 Å². The van der Waals surface area contributed by atoms with Crippen molar-refractivity contribution in [1.29, 1.82) is 0 Å². The van der Waals surface area contributed by atoms with E-state index in [1.807, 2.05) is 0 Å². The van der Waals surface area contributed by atoms with Gasteiger partial charge in [0.25, 0.3) is 5.56 Å². The fraction of sp³-hybridized carbons (Fsp3) is 0.545. The fourth-order valence-electron chi connectivity index (χ4n) is 1.66. The van der Waals surface area contributed by atoms with Crippen LogP contribution in [-0.2, 0) is 4.79 Å². The largest absolute Gasteiger partial charge is 0.297 e. The van der Waals surface area contributed by atoms with Crippen LogP contribution in [-0.4, -0.2) is 15.3 Å². The van der Waals surface area contributed by atoms with Crippen LogP contribution in [0.25, 0.3) is 0 Å². The van der Waals surface area contributed by atoms with E-state index >= 15 is 0 Å². The Hall–Kier alpha value is -1.45. The number of rotatable bonds is 3. The smallest absolute Gasteiger partial charge is 0.254 e. The Balaban J connectivity index is 3.26. The fourth-order valence-corrected chi connectivity index (χ4v) is 1.66. The standard InChI is InChI=1S/C11H16N2O2/c1-5-10(14)8(3)13-9(4)12-7(2)6-11(13)15/h6,8H,5H2,1-4H3. The van der Waals surface area contributed by atoms with E-state index in [-0.39, 0.29) is 11.3 Å². The van der Waals surface area contributed by atoms with Gasteiger partial charge in [-0.15, -0.1) is 0 Å². The number of nitrogens with zero attached hydrogens (tertiary/aromatic N) is 2. The van der Waals surface area contributed by atoms with E-state index in [1.165, 1.54) is 10.6 Å². The van der Waals surface area contributed by atoms with Crippen LogP contribution in [0.1, 0.15) is 37.8 Å². The molecule has 0 amide bonds. The summed E-state index contributed by atoms with van der Waals surface area (Å²) in [5.74, 6) is 0.639. The highest BCUT2D eigenvalue weighted by atomic mass is 16.1. The number of hydrogen-bond acceptors (Lipinski definition) is 3. The van der Waals surface area contributed by atoms with Crippen LogP contribution in [0, 0.1) is 13.8 Å². The zero-order chi connectivity index (χ0) is 11.6. The molecular weight excluding hydrogens is 192 g/mol. The van der Waals surface area contributed by atoms with Crippen molar-refractivity contribution in [1.82, 2.24) is 9.55 Å². The minimum Gasteiger partial charge on any atom is -0.297 e. The molecule has 0 N–H and O–H groups in total. The minimum absolute atomic E-state index is 0.0471. The van der Waals surface area contributed by atoms with Crippen molar-refractivity contribution in [2.45, 2.75) is 40.2 Å². The van der Waals surface area contributed by atoms with Gasteiger partial charge in [0, 0.05) is 18.2 Å². The molecule has 1 unspecified atom stereocenters. The topological polar surface area (TPSA) is 52.0 Å². The molecule has 0 aliphatic heterocycles. The lowest BCUT2D eigenvalue weighted by molar-refractivity contribution is -0.121. The Morgan fingerprint density at radius 3 is 2.60 bits per heavy atom. The molecule has 0 saturated carbocycles. The molecule has 1 aromatic rings. The number of hydrogen-bond donors (Lipinski definition) is 0. The third kappa shape index (κ3) is 2.32. The average molecular weight is 208 g/mol. The van der Waals surface area contributed by atoms with Gasteiger partial charge in [0.2, 0.25) is 0 Å². The molecule has 4 nitrogen and oxygen atoms in total. The van der Waals surface area contributed by atoms with Gasteiger partial charge in [-0.25, -0.2) is 4.98 Å². The van der Waals surface area contributed by atoms with Gasteiger partial charge in [-0.1, -0.05) is 6.92 Å². The predicted molar refractivity (Wildman–Crippen MR) is 58.0 cm³/mol. The van der Waals surface area contributed by atoms with Gasteiger partial charge in [0.15, 0.2) is 5.78 Å². The number of carbonyl (C=O) groups is 1. The first-order valence-electron chi connectivity index (χ1n) is 5.06. The van der Waals surface area contributed by atoms with Crippen molar-refractivity contribution in [3.05, 3.63) is 27.9 Å². The average Bonchev–Trinajstić information content (AvgIpc) is 2.14. The summed E-state index contributed by atoms with van der Waals surface area (Å²) < 4.78 is 1.44. The summed E-state index contributed by atoms with van der Waals surface area (Å²) in [4.78, 5) is 27.4. The number of ketones is 1. The Morgan fingerprint density at radius 2 is 2.13 bits per heavy atom. The summed E-state index contributed by atoms with van der Waals surface area (Å²) in [7, 11) is 0. The van der Waals surface area contributed by atoms with Crippen molar-refractivity contribution in [3.8, 4) is 0 Å². The van der Waals surface area contributed by atoms with Crippen LogP contribution in [0.2, 0.25) is 0 Å². The lowest BCUT2D eigenvalue weighted by Crippen LogP contribution is -2.30. The van der Waals surface area contributed by atoms with E-state index < -0.39 is 6.04 Å². The van der Waals surface area contributed by atoms with Crippen molar-refractivity contribution in [2.75, 3.05) is 0 Å². The molecule has 82 valence electrons. The zero-order valence-electron chi connectivity index (χ0n) is 9.57. The molecule has 0 bridgehead atoms. The molecule has 0 spiro atoms. The van der Waals surface area contributed by atoms with Crippen LogP contribution in [0.4, 0.5) is 0 Å². The quantitative estimate of drug-likeness (QED) is 0.754. The molecule has 0 saturated heterocycles. The molecule has 0 radical (unpaired) electrons. The van der Waals surface area contributed by atoms with Crippen LogP contribution in [0.3, 0.4) is 0 Å².